The number of rotatable bonds is 6. The van der Waals surface area contributed by atoms with E-state index < -0.39 is 10.0 Å². The van der Waals surface area contributed by atoms with E-state index in [1.165, 1.54) is 10.4 Å². The molecule has 3 N–H and O–H groups in total. The average Bonchev–Trinajstić information content (AvgIpc) is 2.34. The van der Waals surface area contributed by atoms with Crippen LogP contribution in [0.3, 0.4) is 0 Å². The van der Waals surface area contributed by atoms with Gasteiger partial charge in [0, 0.05) is 24.9 Å². The number of nitrogen functional groups attached to an aromatic ring is 1. The molecule has 1 aromatic carbocycles. The second-order valence-electron chi connectivity index (χ2n) is 5.30. The Kier molecular flexibility index (Phi) is 4.67. The van der Waals surface area contributed by atoms with Crippen LogP contribution in [0.5, 0.6) is 0 Å². The van der Waals surface area contributed by atoms with Crippen molar-refractivity contribution in [3.05, 3.63) is 23.8 Å². The third-order valence-electron chi connectivity index (χ3n) is 3.82. The van der Waals surface area contributed by atoms with E-state index in [0.29, 0.717) is 24.2 Å². The van der Waals surface area contributed by atoms with Gasteiger partial charge in [-0.05, 0) is 43.9 Å². The topological polar surface area (TPSA) is 83.6 Å². The van der Waals surface area contributed by atoms with Crippen molar-refractivity contribution in [3.8, 4) is 0 Å². The van der Waals surface area contributed by atoms with Crippen molar-refractivity contribution in [2.24, 2.45) is 0 Å². The number of aliphatic hydroxyl groups is 1. The van der Waals surface area contributed by atoms with Gasteiger partial charge in [-0.2, -0.15) is 4.31 Å². The molecule has 0 aliphatic heterocycles. The first kappa shape index (κ1) is 15.3. The van der Waals surface area contributed by atoms with Crippen LogP contribution in [0.15, 0.2) is 23.1 Å². The SMILES string of the molecule is Cc1ccc(N)cc1S(=O)(=O)N(CCCO)C1CCC1. The molecule has 1 aromatic rings. The van der Waals surface area contributed by atoms with Crippen LogP contribution in [-0.4, -0.2) is 37.0 Å². The minimum atomic E-state index is -3.54. The third-order valence-corrected chi connectivity index (χ3v) is 5.91. The molecule has 0 saturated heterocycles. The lowest BCUT2D eigenvalue weighted by molar-refractivity contribution is 0.198. The predicted octanol–water partition coefficient (Wildman–Crippen LogP) is 1.50. The molecule has 1 aliphatic rings. The Hall–Kier alpha value is -1.11. The van der Waals surface area contributed by atoms with Gasteiger partial charge in [-0.3, -0.25) is 0 Å². The highest BCUT2D eigenvalue weighted by atomic mass is 32.2. The summed E-state index contributed by atoms with van der Waals surface area (Å²) in [5.74, 6) is 0. The number of hydrogen-bond donors (Lipinski definition) is 2. The highest BCUT2D eigenvalue weighted by Crippen LogP contribution is 2.31. The maximum atomic E-state index is 12.8. The zero-order chi connectivity index (χ0) is 14.8. The summed E-state index contributed by atoms with van der Waals surface area (Å²) in [6, 6.07) is 5.02. The van der Waals surface area contributed by atoms with E-state index in [2.05, 4.69) is 0 Å². The van der Waals surface area contributed by atoms with Crippen molar-refractivity contribution in [2.45, 2.75) is 43.5 Å². The summed E-state index contributed by atoms with van der Waals surface area (Å²) in [5, 5.41) is 8.98. The Morgan fingerprint density at radius 2 is 2.10 bits per heavy atom. The predicted molar refractivity (Wildman–Crippen MR) is 78.8 cm³/mol. The van der Waals surface area contributed by atoms with Crippen LogP contribution < -0.4 is 5.73 Å². The minimum Gasteiger partial charge on any atom is -0.399 e. The number of nitrogens with zero attached hydrogens (tertiary/aromatic N) is 1. The Labute approximate surface area is 120 Å². The van der Waals surface area contributed by atoms with Crippen molar-refractivity contribution in [3.63, 3.8) is 0 Å². The molecule has 1 fully saturated rings. The van der Waals surface area contributed by atoms with E-state index in [4.69, 9.17) is 10.8 Å². The molecule has 0 heterocycles. The van der Waals surface area contributed by atoms with Crippen LogP contribution in [0.2, 0.25) is 0 Å². The zero-order valence-electron chi connectivity index (χ0n) is 11.7. The second kappa shape index (κ2) is 6.11. The molecule has 6 heteroatoms. The number of hydrogen-bond acceptors (Lipinski definition) is 4. The van der Waals surface area contributed by atoms with Crippen LogP contribution in [0, 0.1) is 6.92 Å². The summed E-state index contributed by atoms with van der Waals surface area (Å²) < 4.78 is 27.2. The molecule has 0 atom stereocenters. The van der Waals surface area contributed by atoms with Crippen molar-refractivity contribution < 1.29 is 13.5 Å². The van der Waals surface area contributed by atoms with E-state index >= 15 is 0 Å². The lowest BCUT2D eigenvalue weighted by atomic mass is 9.93. The van der Waals surface area contributed by atoms with Crippen molar-refractivity contribution in [1.82, 2.24) is 4.31 Å². The number of benzene rings is 1. The quantitative estimate of drug-likeness (QED) is 0.780. The van der Waals surface area contributed by atoms with Gasteiger partial charge in [0.1, 0.15) is 0 Å². The van der Waals surface area contributed by atoms with Crippen LogP contribution in [0.1, 0.15) is 31.2 Å². The van der Waals surface area contributed by atoms with Crippen LogP contribution in [0.25, 0.3) is 0 Å². The summed E-state index contributed by atoms with van der Waals surface area (Å²) in [4.78, 5) is 0.280. The minimum absolute atomic E-state index is 0.00531. The molecular weight excluding hydrogens is 276 g/mol. The summed E-state index contributed by atoms with van der Waals surface area (Å²) in [6.45, 7) is 2.13. The van der Waals surface area contributed by atoms with E-state index in [-0.39, 0.29) is 17.5 Å². The smallest absolute Gasteiger partial charge is 0.243 e. The second-order valence-corrected chi connectivity index (χ2v) is 7.16. The molecule has 20 heavy (non-hydrogen) atoms. The van der Waals surface area contributed by atoms with Crippen molar-refractivity contribution in [2.75, 3.05) is 18.9 Å². The Morgan fingerprint density at radius 3 is 2.65 bits per heavy atom. The third kappa shape index (κ3) is 2.97. The summed E-state index contributed by atoms with van der Waals surface area (Å²) >= 11 is 0. The molecule has 2 rings (SSSR count). The molecule has 0 radical (unpaired) electrons. The van der Waals surface area contributed by atoms with E-state index in [9.17, 15) is 8.42 Å². The maximum absolute atomic E-state index is 12.8. The summed E-state index contributed by atoms with van der Waals surface area (Å²) in [6.07, 6.45) is 3.31. The molecule has 0 bridgehead atoms. The summed E-state index contributed by atoms with van der Waals surface area (Å²) in [5.41, 5.74) is 6.87. The summed E-state index contributed by atoms with van der Waals surface area (Å²) in [7, 11) is -3.54. The standard InChI is InChI=1S/C14H22N2O3S/c1-11-6-7-12(15)10-14(11)20(18,19)16(8-3-9-17)13-4-2-5-13/h6-7,10,13,17H,2-5,8-9,15H2,1H3. The van der Waals surface area contributed by atoms with Gasteiger partial charge in [0.05, 0.1) is 4.90 Å². The fourth-order valence-corrected chi connectivity index (χ4v) is 4.41. The zero-order valence-corrected chi connectivity index (χ0v) is 12.6. The molecule has 1 aliphatic carbocycles. The molecule has 5 nitrogen and oxygen atoms in total. The van der Waals surface area contributed by atoms with Gasteiger partial charge in [0.2, 0.25) is 10.0 Å². The van der Waals surface area contributed by atoms with E-state index in [1.807, 2.05) is 0 Å². The Morgan fingerprint density at radius 1 is 1.40 bits per heavy atom. The first-order chi connectivity index (χ1) is 9.46. The average molecular weight is 298 g/mol. The van der Waals surface area contributed by atoms with Gasteiger partial charge in [-0.15, -0.1) is 0 Å². The maximum Gasteiger partial charge on any atom is 0.243 e. The number of sulfonamides is 1. The number of nitrogens with two attached hydrogens (primary N) is 1. The Balaban J connectivity index is 2.36. The lowest BCUT2D eigenvalue weighted by Gasteiger charge is -2.36. The first-order valence-corrected chi connectivity index (χ1v) is 8.39. The highest BCUT2D eigenvalue weighted by molar-refractivity contribution is 7.89. The van der Waals surface area contributed by atoms with Crippen molar-refractivity contribution in [1.29, 1.82) is 0 Å². The highest BCUT2D eigenvalue weighted by Gasteiger charge is 2.35. The number of aryl methyl sites for hydroxylation is 1. The molecule has 0 amide bonds. The molecule has 0 unspecified atom stereocenters. The normalized spacial score (nSPS) is 16.4. The monoisotopic (exact) mass is 298 g/mol. The largest absolute Gasteiger partial charge is 0.399 e. The van der Waals surface area contributed by atoms with Gasteiger partial charge in [0.15, 0.2) is 0 Å². The fraction of sp³-hybridized carbons (Fsp3) is 0.571. The van der Waals surface area contributed by atoms with Gasteiger partial charge >= 0.3 is 0 Å². The van der Waals surface area contributed by atoms with Crippen molar-refractivity contribution >= 4 is 15.7 Å². The molecule has 0 spiro atoms. The molecule has 1 saturated carbocycles. The van der Waals surface area contributed by atoms with Gasteiger partial charge in [-0.25, -0.2) is 8.42 Å². The van der Waals surface area contributed by atoms with Crippen LogP contribution in [-0.2, 0) is 10.0 Å². The van der Waals surface area contributed by atoms with E-state index in [1.54, 1.807) is 19.1 Å². The van der Waals surface area contributed by atoms with Gasteiger partial charge in [-0.1, -0.05) is 12.5 Å². The molecule has 112 valence electrons. The fourth-order valence-electron chi connectivity index (χ4n) is 2.42. The number of anilines is 1. The molecular formula is C14H22N2O3S. The van der Waals surface area contributed by atoms with E-state index in [0.717, 1.165) is 19.3 Å². The number of aliphatic hydroxyl groups excluding tert-OH is 1. The van der Waals surface area contributed by atoms with Crippen LogP contribution in [0.4, 0.5) is 5.69 Å². The first-order valence-electron chi connectivity index (χ1n) is 6.95. The van der Waals surface area contributed by atoms with Crippen LogP contribution >= 0.6 is 0 Å². The van der Waals surface area contributed by atoms with Gasteiger partial charge < -0.3 is 10.8 Å². The van der Waals surface area contributed by atoms with Gasteiger partial charge in [0.25, 0.3) is 0 Å². The Bertz CT molecular complexity index is 568. The lowest BCUT2D eigenvalue weighted by Crippen LogP contribution is -2.45. The molecule has 0 aromatic heterocycles.